The van der Waals surface area contributed by atoms with Crippen molar-refractivity contribution in [1.29, 1.82) is 0 Å². The molecule has 2 aliphatic rings. The van der Waals surface area contributed by atoms with Gasteiger partial charge in [-0.1, -0.05) is 64.0 Å². The van der Waals surface area contributed by atoms with Crippen LogP contribution in [0.25, 0.3) is 0 Å². The van der Waals surface area contributed by atoms with Crippen LogP contribution in [0.15, 0.2) is 54.6 Å². The number of benzene rings is 2. The highest BCUT2D eigenvalue weighted by Crippen LogP contribution is 2.38. The van der Waals surface area contributed by atoms with Gasteiger partial charge in [0.1, 0.15) is 0 Å². The zero-order valence-corrected chi connectivity index (χ0v) is 17.8. The van der Waals surface area contributed by atoms with Crippen LogP contribution >= 0.6 is 15.9 Å². The number of halogens is 1. The molecule has 0 radical (unpaired) electrons. The zero-order chi connectivity index (χ0) is 20.5. The molecule has 1 heterocycles. The molecule has 2 aromatic carbocycles. The Morgan fingerprint density at radius 2 is 1.72 bits per heavy atom. The summed E-state index contributed by atoms with van der Waals surface area (Å²) in [5.41, 5.74) is 2.20. The molecular weight excluding hydrogens is 432 g/mol. The Labute approximate surface area is 178 Å². The van der Waals surface area contributed by atoms with Crippen molar-refractivity contribution in [1.82, 2.24) is 4.90 Å². The monoisotopic (exact) mass is 454 g/mol. The molecule has 4 rings (SSSR count). The topological polar surface area (TPSA) is 57.7 Å². The summed E-state index contributed by atoms with van der Waals surface area (Å²) < 4.78 is 0. The van der Waals surface area contributed by atoms with Gasteiger partial charge < -0.3 is 4.90 Å². The van der Waals surface area contributed by atoms with E-state index in [1.165, 1.54) is 4.90 Å². The molecule has 5 nitrogen and oxygen atoms in total. The molecule has 0 aromatic heterocycles. The lowest BCUT2D eigenvalue weighted by Crippen LogP contribution is -2.64. The molecule has 6 heteroatoms. The van der Waals surface area contributed by atoms with Gasteiger partial charge in [0, 0.05) is 16.4 Å². The smallest absolute Gasteiger partial charge is 0.312 e. The van der Waals surface area contributed by atoms with Gasteiger partial charge in [0.2, 0.25) is 5.91 Å². The van der Waals surface area contributed by atoms with E-state index in [-0.39, 0.29) is 35.0 Å². The fraction of sp³-hybridized carbons (Fsp3) is 0.348. The Hall–Kier alpha value is -2.47. The normalized spacial score (nSPS) is 24.4. The number of Topliss-reactive ketones (excluding diaryl/α,β-unsaturated/α-hetero) is 1. The molecule has 1 saturated carbocycles. The Kier molecular flexibility index (Phi) is 5.54. The average Bonchev–Trinajstić information content (AvgIpc) is 2.72. The van der Waals surface area contributed by atoms with E-state index in [0.717, 1.165) is 12.0 Å². The summed E-state index contributed by atoms with van der Waals surface area (Å²) >= 11 is 3.64. The number of para-hydroxylation sites is 1. The maximum atomic E-state index is 13.4. The number of urea groups is 1. The van der Waals surface area contributed by atoms with E-state index in [1.807, 2.05) is 25.1 Å². The molecule has 3 atom stereocenters. The minimum atomic E-state index is -0.407. The van der Waals surface area contributed by atoms with E-state index < -0.39 is 6.03 Å². The number of nitrogens with zero attached hydrogens (tertiary/aromatic N) is 2. The number of fused-ring (bicyclic) bond motifs is 1. The van der Waals surface area contributed by atoms with Gasteiger partial charge in [-0.2, -0.15) is 0 Å². The van der Waals surface area contributed by atoms with Crippen molar-refractivity contribution in [3.8, 4) is 0 Å². The standard InChI is InChI=1S/C23H23BrN2O3/c1-15-7-9-16(10-8-15)21(27)14-25-20-12-11-17(24)13-19(20)22(28)26(23(25)29)18-5-3-2-4-6-18/h2-10,17,19-20H,11-14H2,1H3. The number of carbonyl (C=O) groups excluding carboxylic acids is 3. The minimum absolute atomic E-state index is 0.0212. The van der Waals surface area contributed by atoms with Crippen LogP contribution in [0.5, 0.6) is 0 Å². The van der Waals surface area contributed by atoms with E-state index in [2.05, 4.69) is 15.9 Å². The first-order valence-electron chi connectivity index (χ1n) is 9.89. The molecule has 3 unspecified atom stereocenters. The van der Waals surface area contributed by atoms with Crippen LogP contribution in [0, 0.1) is 12.8 Å². The van der Waals surface area contributed by atoms with Crippen molar-refractivity contribution in [2.45, 2.75) is 37.1 Å². The lowest BCUT2D eigenvalue weighted by atomic mass is 9.80. The first-order chi connectivity index (χ1) is 14.0. The summed E-state index contributed by atoms with van der Waals surface area (Å²) in [7, 11) is 0. The van der Waals surface area contributed by atoms with Crippen LogP contribution in [0.1, 0.15) is 35.2 Å². The van der Waals surface area contributed by atoms with Gasteiger partial charge in [0.15, 0.2) is 5.78 Å². The molecular formula is C23H23BrN2O3. The number of hydrogen-bond donors (Lipinski definition) is 0. The predicted molar refractivity (Wildman–Crippen MR) is 115 cm³/mol. The highest BCUT2D eigenvalue weighted by molar-refractivity contribution is 9.09. The number of aryl methyl sites for hydroxylation is 1. The summed E-state index contributed by atoms with van der Waals surface area (Å²) in [5, 5.41) is 0. The number of alkyl halides is 1. The molecule has 2 fully saturated rings. The molecule has 29 heavy (non-hydrogen) atoms. The van der Waals surface area contributed by atoms with Crippen molar-refractivity contribution < 1.29 is 14.4 Å². The number of amides is 3. The summed E-state index contributed by atoms with van der Waals surface area (Å²) in [6.45, 7) is 1.95. The van der Waals surface area contributed by atoms with Crippen molar-refractivity contribution in [2.75, 3.05) is 11.4 Å². The van der Waals surface area contributed by atoms with Crippen molar-refractivity contribution in [3.63, 3.8) is 0 Å². The molecule has 2 aromatic rings. The molecule has 3 amide bonds. The van der Waals surface area contributed by atoms with E-state index in [0.29, 0.717) is 24.1 Å². The number of imide groups is 1. The van der Waals surface area contributed by atoms with E-state index in [9.17, 15) is 14.4 Å². The van der Waals surface area contributed by atoms with Crippen LogP contribution in [-0.2, 0) is 4.79 Å². The summed E-state index contributed by atoms with van der Waals surface area (Å²) in [4.78, 5) is 42.6. The Morgan fingerprint density at radius 1 is 1.03 bits per heavy atom. The predicted octanol–water partition coefficient (Wildman–Crippen LogP) is 4.58. The molecule has 150 valence electrons. The van der Waals surface area contributed by atoms with Crippen molar-refractivity contribution in [2.24, 2.45) is 5.92 Å². The first kappa shape index (κ1) is 19.8. The van der Waals surface area contributed by atoms with E-state index >= 15 is 0 Å². The van der Waals surface area contributed by atoms with E-state index in [1.54, 1.807) is 41.3 Å². The van der Waals surface area contributed by atoms with Gasteiger partial charge in [0.05, 0.1) is 18.2 Å². The Morgan fingerprint density at radius 3 is 2.41 bits per heavy atom. The maximum Gasteiger partial charge on any atom is 0.332 e. The molecule has 1 aliphatic carbocycles. The maximum absolute atomic E-state index is 13.4. The molecule has 0 bridgehead atoms. The second kappa shape index (κ2) is 8.11. The molecule has 0 N–H and O–H groups in total. The first-order valence-corrected chi connectivity index (χ1v) is 10.8. The Bertz CT molecular complexity index is 929. The van der Waals surface area contributed by atoms with Crippen molar-refractivity contribution in [3.05, 3.63) is 65.7 Å². The zero-order valence-electron chi connectivity index (χ0n) is 16.3. The summed E-state index contributed by atoms with van der Waals surface area (Å²) in [6, 6.07) is 15.7. The number of ketones is 1. The Balaban J connectivity index is 1.66. The third-order valence-electron chi connectivity index (χ3n) is 5.83. The third-order valence-corrected chi connectivity index (χ3v) is 6.66. The highest BCUT2D eigenvalue weighted by Gasteiger charge is 2.49. The van der Waals surface area contributed by atoms with Crippen LogP contribution in [0.2, 0.25) is 0 Å². The fourth-order valence-corrected chi connectivity index (χ4v) is 4.92. The molecule has 1 aliphatic heterocycles. The summed E-state index contributed by atoms with van der Waals surface area (Å²) in [6.07, 6.45) is 2.25. The second-order valence-electron chi connectivity index (χ2n) is 7.79. The van der Waals surface area contributed by atoms with E-state index in [4.69, 9.17) is 0 Å². The number of anilines is 1. The van der Waals surface area contributed by atoms with Gasteiger partial charge in [-0.3, -0.25) is 9.59 Å². The van der Waals surface area contributed by atoms with Gasteiger partial charge >= 0.3 is 6.03 Å². The largest absolute Gasteiger partial charge is 0.332 e. The SMILES string of the molecule is Cc1ccc(C(=O)CN2C(=O)N(c3ccccc3)C(=O)C3CC(Br)CCC32)cc1. The van der Waals surface area contributed by atoms with Crippen LogP contribution in [-0.4, -0.2) is 40.0 Å². The molecule has 0 spiro atoms. The number of hydrogen-bond acceptors (Lipinski definition) is 3. The lowest BCUT2D eigenvalue weighted by Gasteiger charge is -2.47. The van der Waals surface area contributed by atoms with Gasteiger partial charge in [0.25, 0.3) is 0 Å². The lowest BCUT2D eigenvalue weighted by molar-refractivity contribution is -0.126. The van der Waals surface area contributed by atoms with Gasteiger partial charge in [-0.25, -0.2) is 9.69 Å². The highest BCUT2D eigenvalue weighted by atomic mass is 79.9. The van der Waals surface area contributed by atoms with Crippen LogP contribution in [0.3, 0.4) is 0 Å². The quantitative estimate of drug-likeness (QED) is 0.501. The van der Waals surface area contributed by atoms with Gasteiger partial charge in [-0.15, -0.1) is 0 Å². The van der Waals surface area contributed by atoms with Crippen molar-refractivity contribution >= 4 is 39.3 Å². The summed E-state index contributed by atoms with van der Waals surface area (Å²) in [5.74, 6) is -0.591. The van der Waals surface area contributed by atoms with Crippen LogP contribution < -0.4 is 4.90 Å². The van der Waals surface area contributed by atoms with Crippen LogP contribution in [0.4, 0.5) is 10.5 Å². The second-order valence-corrected chi connectivity index (χ2v) is 9.09. The van der Waals surface area contributed by atoms with Gasteiger partial charge in [-0.05, 0) is 38.3 Å². The molecule has 1 saturated heterocycles. The average molecular weight is 455 g/mol. The minimum Gasteiger partial charge on any atom is -0.312 e. The number of carbonyl (C=O) groups is 3. The third kappa shape index (κ3) is 3.86. The fourth-order valence-electron chi connectivity index (χ4n) is 4.26. The number of rotatable bonds is 4.